The van der Waals surface area contributed by atoms with E-state index in [2.05, 4.69) is 15.6 Å². The molecule has 0 bridgehead atoms. The van der Waals surface area contributed by atoms with Gasteiger partial charge in [0.15, 0.2) is 0 Å². The zero-order chi connectivity index (χ0) is 10.6. The molecule has 0 radical (unpaired) electrons. The summed E-state index contributed by atoms with van der Waals surface area (Å²) in [6.07, 6.45) is 7.84. The molecule has 0 fully saturated rings. The van der Waals surface area contributed by atoms with Gasteiger partial charge in [0.05, 0.1) is 6.04 Å². The van der Waals surface area contributed by atoms with E-state index in [0.29, 0.717) is 0 Å². The second-order valence-corrected chi connectivity index (χ2v) is 4.41. The SMILES string of the molecule is C#CC(C)NS(=O)(=O)c1cccnc1. The van der Waals surface area contributed by atoms with Gasteiger partial charge in [-0.3, -0.25) is 4.98 Å². The predicted octanol–water partition coefficient (Wildman–Crippen LogP) is 0.382. The Morgan fingerprint density at radius 1 is 1.64 bits per heavy atom. The lowest BCUT2D eigenvalue weighted by Crippen LogP contribution is -2.31. The van der Waals surface area contributed by atoms with Crippen molar-refractivity contribution in [2.75, 3.05) is 0 Å². The van der Waals surface area contributed by atoms with E-state index in [1.54, 1.807) is 13.0 Å². The Kier molecular flexibility index (Phi) is 3.23. The summed E-state index contributed by atoms with van der Waals surface area (Å²) in [7, 11) is -3.53. The molecule has 0 saturated carbocycles. The molecule has 0 aliphatic rings. The number of aromatic nitrogens is 1. The molecule has 1 aromatic heterocycles. The minimum Gasteiger partial charge on any atom is -0.263 e. The number of hydrogen-bond acceptors (Lipinski definition) is 3. The van der Waals surface area contributed by atoms with E-state index in [0.717, 1.165) is 0 Å². The molecule has 0 spiro atoms. The molecule has 0 amide bonds. The second kappa shape index (κ2) is 4.22. The van der Waals surface area contributed by atoms with Crippen LogP contribution in [0.4, 0.5) is 0 Å². The quantitative estimate of drug-likeness (QED) is 0.734. The average molecular weight is 210 g/mol. The highest BCUT2D eigenvalue weighted by Crippen LogP contribution is 2.05. The average Bonchev–Trinajstić information content (AvgIpc) is 2.18. The van der Waals surface area contributed by atoms with Gasteiger partial charge in [-0.15, -0.1) is 6.42 Å². The fourth-order valence-electron chi connectivity index (χ4n) is 0.841. The van der Waals surface area contributed by atoms with Gasteiger partial charge in [-0.25, -0.2) is 8.42 Å². The zero-order valence-electron chi connectivity index (χ0n) is 7.64. The summed E-state index contributed by atoms with van der Waals surface area (Å²) in [6.45, 7) is 1.59. The van der Waals surface area contributed by atoms with Crippen molar-refractivity contribution in [3.8, 4) is 12.3 Å². The van der Waals surface area contributed by atoms with E-state index in [1.807, 2.05) is 0 Å². The van der Waals surface area contributed by atoms with Crippen molar-refractivity contribution in [2.45, 2.75) is 17.9 Å². The highest BCUT2D eigenvalue weighted by Gasteiger charge is 2.15. The van der Waals surface area contributed by atoms with Crippen molar-refractivity contribution in [1.29, 1.82) is 0 Å². The molecule has 0 aromatic carbocycles. The maximum absolute atomic E-state index is 11.6. The number of hydrogen-bond donors (Lipinski definition) is 1. The molecule has 1 rings (SSSR count). The van der Waals surface area contributed by atoms with Gasteiger partial charge in [-0.2, -0.15) is 4.72 Å². The molecule has 0 aliphatic carbocycles. The van der Waals surface area contributed by atoms with Crippen LogP contribution in [0.2, 0.25) is 0 Å². The van der Waals surface area contributed by atoms with Crippen LogP contribution in [0.5, 0.6) is 0 Å². The third-order valence-electron chi connectivity index (χ3n) is 1.53. The van der Waals surface area contributed by atoms with Crippen LogP contribution in [0.25, 0.3) is 0 Å². The number of nitrogens with zero attached hydrogens (tertiary/aromatic N) is 1. The lowest BCUT2D eigenvalue weighted by molar-refractivity contribution is 0.577. The van der Waals surface area contributed by atoms with Gasteiger partial charge >= 0.3 is 0 Å². The molecule has 5 heteroatoms. The zero-order valence-corrected chi connectivity index (χ0v) is 8.45. The van der Waals surface area contributed by atoms with E-state index in [1.165, 1.54) is 18.5 Å². The second-order valence-electron chi connectivity index (χ2n) is 2.70. The summed E-state index contributed by atoms with van der Waals surface area (Å²) in [6, 6.07) is 2.48. The van der Waals surface area contributed by atoms with Crippen LogP contribution in [0.15, 0.2) is 29.4 Å². The molecule has 0 aliphatic heterocycles. The van der Waals surface area contributed by atoms with Crippen LogP contribution in [-0.4, -0.2) is 19.4 Å². The van der Waals surface area contributed by atoms with Crippen molar-refractivity contribution in [1.82, 2.24) is 9.71 Å². The summed E-state index contributed by atoms with van der Waals surface area (Å²) in [5.74, 6) is 2.28. The monoisotopic (exact) mass is 210 g/mol. The molecule has 1 heterocycles. The van der Waals surface area contributed by atoms with E-state index in [9.17, 15) is 8.42 Å². The van der Waals surface area contributed by atoms with Crippen molar-refractivity contribution >= 4 is 10.0 Å². The molecule has 74 valence electrons. The first kappa shape index (κ1) is 10.7. The molecule has 0 saturated heterocycles. The summed E-state index contributed by atoms with van der Waals surface area (Å²) in [5, 5.41) is 0. The normalized spacial score (nSPS) is 13.1. The Labute approximate surface area is 83.4 Å². The number of pyridine rings is 1. The smallest absolute Gasteiger partial charge is 0.243 e. The fourth-order valence-corrected chi connectivity index (χ4v) is 1.97. The summed E-state index contributed by atoms with van der Waals surface area (Å²) in [4.78, 5) is 3.83. The van der Waals surface area contributed by atoms with Gasteiger partial charge in [0.2, 0.25) is 10.0 Å². The molecule has 1 atom stereocenters. The molecular formula is C9H10N2O2S. The van der Waals surface area contributed by atoms with Crippen LogP contribution >= 0.6 is 0 Å². The third kappa shape index (κ3) is 2.55. The van der Waals surface area contributed by atoms with Crippen LogP contribution in [-0.2, 0) is 10.0 Å². The van der Waals surface area contributed by atoms with Crippen LogP contribution < -0.4 is 4.72 Å². The molecule has 14 heavy (non-hydrogen) atoms. The fraction of sp³-hybridized carbons (Fsp3) is 0.222. The topological polar surface area (TPSA) is 59.1 Å². The lowest BCUT2D eigenvalue weighted by Gasteiger charge is -2.07. The number of sulfonamides is 1. The number of nitrogens with one attached hydrogen (secondary N) is 1. The molecule has 1 unspecified atom stereocenters. The van der Waals surface area contributed by atoms with E-state index < -0.39 is 16.1 Å². The maximum Gasteiger partial charge on any atom is 0.243 e. The molecule has 1 aromatic rings. The maximum atomic E-state index is 11.6. The van der Waals surface area contributed by atoms with Crippen LogP contribution in [0.1, 0.15) is 6.92 Å². The molecule has 1 N–H and O–H groups in total. The van der Waals surface area contributed by atoms with Gasteiger partial charge in [-0.05, 0) is 19.1 Å². The largest absolute Gasteiger partial charge is 0.263 e. The molecule has 4 nitrogen and oxygen atoms in total. The van der Waals surface area contributed by atoms with Gasteiger partial charge in [0.25, 0.3) is 0 Å². The lowest BCUT2D eigenvalue weighted by atomic mass is 10.4. The Morgan fingerprint density at radius 2 is 2.36 bits per heavy atom. The highest BCUT2D eigenvalue weighted by molar-refractivity contribution is 7.89. The van der Waals surface area contributed by atoms with E-state index in [-0.39, 0.29) is 4.90 Å². The third-order valence-corrected chi connectivity index (χ3v) is 3.05. The first-order valence-electron chi connectivity index (χ1n) is 3.95. The van der Waals surface area contributed by atoms with Gasteiger partial charge in [0.1, 0.15) is 4.90 Å². The van der Waals surface area contributed by atoms with Gasteiger partial charge in [0, 0.05) is 12.4 Å². The molecular weight excluding hydrogens is 200 g/mol. The van der Waals surface area contributed by atoms with Crippen LogP contribution in [0.3, 0.4) is 0 Å². The van der Waals surface area contributed by atoms with Gasteiger partial charge < -0.3 is 0 Å². The van der Waals surface area contributed by atoms with Crippen molar-refractivity contribution < 1.29 is 8.42 Å². The van der Waals surface area contributed by atoms with Crippen molar-refractivity contribution in [2.24, 2.45) is 0 Å². The van der Waals surface area contributed by atoms with Crippen molar-refractivity contribution in [3.63, 3.8) is 0 Å². The minimum atomic E-state index is -3.53. The van der Waals surface area contributed by atoms with Crippen LogP contribution in [0, 0.1) is 12.3 Å². The highest BCUT2D eigenvalue weighted by atomic mass is 32.2. The first-order chi connectivity index (χ1) is 6.56. The Hall–Kier alpha value is -1.38. The summed E-state index contributed by atoms with van der Waals surface area (Å²) in [5.41, 5.74) is 0. The summed E-state index contributed by atoms with van der Waals surface area (Å²) >= 11 is 0. The van der Waals surface area contributed by atoms with E-state index >= 15 is 0 Å². The Morgan fingerprint density at radius 3 is 2.86 bits per heavy atom. The minimum absolute atomic E-state index is 0.113. The number of rotatable bonds is 3. The first-order valence-corrected chi connectivity index (χ1v) is 5.43. The standard InChI is InChI=1S/C9H10N2O2S/c1-3-8(2)11-14(12,13)9-5-4-6-10-7-9/h1,4-8,11H,2H3. The predicted molar refractivity (Wildman–Crippen MR) is 52.9 cm³/mol. The Bertz CT molecular complexity index is 434. The van der Waals surface area contributed by atoms with E-state index in [4.69, 9.17) is 6.42 Å². The van der Waals surface area contributed by atoms with Gasteiger partial charge in [-0.1, -0.05) is 5.92 Å². The number of terminal acetylenes is 1. The summed E-state index contributed by atoms with van der Waals surface area (Å²) < 4.78 is 25.4. The Balaban J connectivity index is 2.94. The van der Waals surface area contributed by atoms with Crippen molar-refractivity contribution in [3.05, 3.63) is 24.5 Å².